The average molecular weight is 355 g/mol. The third kappa shape index (κ3) is 3.18. The molecule has 4 aromatic heterocycles. The highest BCUT2D eigenvalue weighted by Crippen LogP contribution is 2.29. The van der Waals surface area contributed by atoms with Crippen molar-refractivity contribution in [3.8, 4) is 0 Å². The summed E-state index contributed by atoms with van der Waals surface area (Å²) in [4.78, 5) is 17.3. The number of aryl methyl sites for hydroxylation is 2. The molecule has 0 fully saturated rings. The fourth-order valence-corrected chi connectivity index (χ4v) is 4.04. The van der Waals surface area contributed by atoms with Crippen molar-refractivity contribution in [2.75, 3.05) is 0 Å². The van der Waals surface area contributed by atoms with Gasteiger partial charge in [0, 0.05) is 47.9 Å². The van der Waals surface area contributed by atoms with Crippen LogP contribution in [0, 0.1) is 0 Å². The van der Waals surface area contributed by atoms with Gasteiger partial charge in [-0.2, -0.15) is 0 Å². The molecular weight excluding hydrogens is 340 g/mol. The van der Waals surface area contributed by atoms with Gasteiger partial charge < -0.3 is 4.98 Å². The minimum Gasteiger partial charge on any atom is -0.346 e. The van der Waals surface area contributed by atoms with E-state index in [0.29, 0.717) is 5.15 Å². The van der Waals surface area contributed by atoms with Gasteiger partial charge in [-0.25, -0.2) is 9.97 Å². The van der Waals surface area contributed by atoms with Crippen LogP contribution >= 0.6 is 22.9 Å². The van der Waals surface area contributed by atoms with E-state index in [-0.39, 0.29) is 0 Å². The Labute approximate surface area is 148 Å². The van der Waals surface area contributed by atoms with E-state index in [1.165, 1.54) is 11.1 Å². The van der Waals surface area contributed by atoms with Crippen LogP contribution in [0.25, 0.3) is 11.0 Å². The first kappa shape index (κ1) is 15.3. The number of halogens is 1. The Morgan fingerprint density at radius 2 is 2.04 bits per heavy atom. The van der Waals surface area contributed by atoms with Gasteiger partial charge in [0.25, 0.3) is 0 Å². The largest absolute Gasteiger partial charge is 0.346 e. The first-order valence-corrected chi connectivity index (χ1v) is 8.93. The fourth-order valence-electron chi connectivity index (χ4n) is 2.72. The number of nitrogens with one attached hydrogen (secondary N) is 1. The number of hydrogen-bond acceptors (Lipinski definition) is 4. The van der Waals surface area contributed by atoms with E-state index in [1.807, 2.05) is 24.5 Å². The van der Waals surface area contributed by atoms with E-state index in [9.17, 15) is 0 Å². The summed E-state index contributed by atoms with van der Waals surface area (Å²) in [5.41, 5.74) is 3.32. The number of aromatic amines is 1. The molecule has 6 heteroatoms. The lowest BCUT2D eigenvalue weighted by Crippen LogP contribution is -1.90. The number of pyridine rings is 2. The monoisotopic (exact) mass is 354 g/mol. The second-order valence-electron chi connectivity index (χ2n) is 5.57. The number of thiazole rings is 1. The molecule has 24 heavy (non-hydrogen) atoms. The van der Waals surface area contributed by atoms with Gasteiger partial charge in [0.2, 0.25) is 0 Å². The molecule has 0 saturated heterocycles. The minimum atomic E-state index is 0.611. The summed E-state index contributed by atoms with van der Waals surface area (Å²) in [7, 11) is 0. The van der Waals surface area contributed by atoms with Crippen molar-refractivity contribution in [3.63, 3.8) is 0 Å². The Bertz CT molecular complexity index is 961. The molecule has 0 unspecified atom stereocenters. The SMILES string of the molecule is Clc1nc(CCc2cccnc2)sc1Cc1c[nH]c2ncccc12. The number of hydrogen-bond donors (Lipinski definition) is 1. The predicted molar refractivity (Wildman–Crippen MR) is 97.7 cm³/mol. The Kier molecular flexibility index (Phi) is 4.28. The van der Waals surface area contributed by atoms with Crippen LogP contribution in [0.15, 0.2) is 49.1 Å². The number of nitrogens with zero attached hydrogens (tertiary/aromatic N) is 3. The van der Waals surface area contributed by atoms with Crippen LogP contribution in [0.4, 0.5) is 0 Å². The van der Waals surface area contributed by atoms with Crippen LogP contribution in [0.1, 0.15) is 21.0 Å². The highest BCUT2D eigenvalue weighted by molar-refractivity contribution is 7.12. The molecule has 4 heterocycles. The molecule has 1 N–H and O–H groups in total. The standard InChI is InChI=1S/C18H15ClN4S/c19-17-15(9-13-11-22-18-14(13)4-2-8-21-18)24-16(23-17)6-5-12-3-1-7-20-10-12/h1-4,7-8,10-11H,5-6,9H2,(H,21,22). The summed E-state index contributed by atoms with van der Waals surface area (Å²) in [6.07, 6.45) is 10.1. The van der Waals surface area contributed by atoms with Gasteiger partial charge in [-0.15, -0.1) is 11.3 Å². The first-order valence-electron chi connectivity index (χ1n) is 7.73. The maximum atomic E-state index is 6.36. The number of H-pyrrole nitrogens is 1. The van der Waals surface area contributed by atoms with Crippen LogP contribution in [-0.4, -0.2) is 19.9 Å². The van der Waals surface area contributed by atoms with Crippen molar-refractivity contribution in [2.24, 2.45) is 0 Å². The van der Waals surface area contributed by atoms with Crippen molar-refractivity contribution in [1.82, 2.24) is 19.9 Å². The maximum absolute atomic E-state index is 6.36. The quantitative estimate of drug-likeness (QED) is 0.576. The topological polar surface area (TPSA) is 54.5 Å². The molecule has 0 radical (unpaired) electrons. The lowest BCUT2D eigenvalue weighted by Gasteiger charge is -1.97. The van der Waals surface area contributed by atoms with Gasteiger partial charge in [-0.05, 0) is 35.7 Å². The fraction of sp³-hybridized carbons (Fsp3) is 0.167. The zero-order valence-corrected chi connectivity index (χ0v) is 14.4. The summed E-state index contributed by atoms with van der Waals surface area (Å²) in [6, 6.07) is 8.07. The molecule has 0 aliphatic rings. The highest BCUT2D eigenvalue weighted by atomic mass is 35.5. The number of rotatable bonds is 5. The van der Waals surface area contributed by atoms with E-state index >= 15 is 0 Å². The van der Waals surface area contributed by atoms with Gasteiger partial charge in [-0.1, -0.05) is 17.7 Å². The van der Waals surface area contributed by atoms with Gasteiger partial charge in [0.15, 0.2) is 0 Å². The van der Waals surface area contributed by atoms with Crippen LogP contribution in [0.3, 0.4) is 0 Å². The van der Waals surface area contributed by atoms with Gasteiger partial charge >= 0.3 is 0 Å². The predicted octanol–water partition coefficient (Wildman–Crippen LogP) is 4.44. The van der Waals surface area contributed by atoms with Crippen molar-refractivity contribution < 1.29 is 0 Å². The molecule has 0 saturated carbocycles. The Morgan fingerprint density at radius 1 is 1.12 bits per heavy atom. The Morgan fingerprint density at radius 3 is 2.92 bits per heavy atom. The van der Waals surface area contributed by atoms with E-state index in [2.05, 4.69) is 32.1 Å². The van der Waals surface area contributed by atoms with Crippen LogP contribution < -0.4 is 0 Å². The molecule has 0 amide bonds. The lowest BCUT2D eigenvalue weighted by molar-refractivity contribution is 0.935. The minimum absolute atomic E-state index is 0.611. The highest BCUT2D eigenvalue weighted by Gasteiger charge is 2.13. The molecule has 0 spiro atoms. The number of fused-ring (bicyclic) bond motifs is 1. The van der Waals surface area contributed by atoms with Gasteiger partial charge in [0.05, 0.1) is 5.01 Å². The second-order valence-corrected chi connectivity index (χ2v) is 7.10. The van der Waals surface area contributed by atoms with E-state index in [4.69, 9.17) is 11.6 Å². The molecule has 4 nitrogen and oxygen atoms in total. The van der Waals surface area contributed by atoms with Crippen LogP contribution in [-0.2, 0) is 19.3 Å². The summed E-state index contributed by atoms with van der Waals surface area (Å²) < 4.78 is 0. The summed E-state index contributed by atoms with van der Waals surface area (Å²) in [5, 5.41) is 2.81. The zero-order chi connectivity index (χ0) is 16.4. The van der Waals surface area contributed by atoms with E-state index in [1.54, 1.807) is 23.7 Å². The third-order valence-corrected chi connectivity index (χ3v) is 5.47. The first-order chi connectivity index (χ1) is 11.8. The second kappa shape index (κ2) is 6.71. The summed E-state index contributed by atoms with van der Waals surface area (Å²) in [6.45, 7) is 0. The van der Waals surface area contributed by atoms with E-state index in [0.717, 1.165) is 40.2 Å². The van der Waals surface area contributed by atoms with E-state index < -0.39 is 0 Å². The Hall–Kier alpha value is -2.24. The molecule has 120 valence electrons. The van der Waals surface area contributed by atoms with Gasteiger partial charge in [0.1, 0.15) is 10.8 Å². The Balaban J connectivity index is 1.51. The van der Waals surface area contributed by atoms with Crippen LogP contribution in [0.2, 0.25) is 5.15 Å². The average Bonchev–Trinajstić information content (AvgIpc) is 3.18. The van der Waals surface area contributed by atoms with Crippen LogP contribution in [0.5, 0.6) is 0 Å². The molecule has 0 bridgehead atoms. The zero-order valence-electron chi connectivity index (χ0n) is 12.9. The third-order valence-electron chi connectivity index (χ3n) is 3.93. The molecule has 0 aliphatic carbocycles. The van der Waals surface area contributed by atoms with Crippen molar-refractivity contribution >= 4 is 34.0 Å². The normalized spacial score (nSPS) is 11.2. The number of aromatic nitrogens is 4. The van der Waals surface area contributed by atoms with Gasteiger partial charge in [-0.3, -0.25) is 4.98 Å². The molecule has 0 atom stereocenters. The molecule has 4 aromatic rings. The van der Waals surface area contributed by atoms with Crippen molar-refractivity contribution in [1.29, 1.82) is 0 Å². The maximum Gasteiger partial charge on any atom is 0.143 e. The smallest absolute Gasteiger partial charge is 0.143 e. The molecule has 0 aromatic carbocycles. The lowest BCUT2D eigenvalue weighted by atomic mass is 10.1. The molecule has 0 aliphatic heterocycles. The molecule has 4 rings (SSSR count). The summed E-state index contributed by atoms with van der Waals surface area (Å²) in [5.74, 6) is 0. The molecular formula is C18H15ClN4S. The van der Waals surface area contributed by atoms with Crippen molar-refractivity contribution in [2.45, 2.75) is 19.3 Å². The summed E-state index contributed by atoms with van der Waals surface area (Å²) >= 11 is 8.04. The van der Waals surface area contributed by atoms with Crippen molar-refractivity contribution in [3.05, 3.63) is 75.2 Å².